The fourth-order valence-electron chi connectivity index (χ4n) is 2.19. The Morgan fingerprint density at radius 3 is 2.57 bits per heavy atom. The van der Waals surface area contributed by atoms with E-state index in [0.717, 1.165) is 31.6 Å². The third-order valence-electron chi connectivity index (χ3n) is 3.48. The van der Waals surface area contributed by atoms with E-state index in [1.807, 2.05) is 0 Å². The normalized spacial score (nSPS) is 32.2. The molecule has 0 aromatic carbocycles. The van der Waals surface area contributed by atoms with Crippen LogP contribution in [0.5, 0.6) is 0 Å². The van der Waals surface area contributed by atoms with Gasteiger partial charge in [0.1, 0.15) is 0 Å². The number of carbonyl (C=O) groups is 1. The molecule has 0 aliphatic heterocycles. The second kappa shape index (κ2) is 4.61. The zero-order valence-corrected chi connectivity index (χ0v) is 8.88. The van der Waals surface area contributed by atoms with Gasteiger partial charge in [-0.15, -0.1) is 6.42 Å². The number of nitrogens with two attached hydrogens (primary N) is 1. The van der Waals surface area contributed by atoms with Gasteiger partial charge in [0.25, 0.3) is 0 Å². The van der Waals surface area contributed by atoms with Crippen LogP contribution >= 0.6 is 0 Å². The van der Waals surface area contributed by atoms with Crippen LogP contribution in [0.4, 0.5) is 0 Å². The molecule has 1 saturated carbocycles. The maximum atomic E-state index is 11.8. The molecule has 78 valence electrons. The molecule has 0 unspecified atom stereocenters. The van der Waals surface area contributed by atoms with Crippen molar-refractivity contribution in [3.8, 4) is 12.3 Å². The van der Waals surface area contributed by atoms with Gasteiger partial charge in [-0.3, -0.25) is 4.79 Å². The molecule has 0 aromatic heterocycles. The molecule has 14 heavy (non-hydrogen) atoms. The highest BCUT2D eigenvalue weighted by Crippen LogP contribution is 2.39. The van der Waals surface area contributed by atoms with Crippen LogP contribution in [-0.4, -0.2) is 12.3 Å². The lowest BCUT2D eigenvalue weighted by Gasteiger charge is -2.36. The Morgan fingerprint density at radius 2 is 2.14 bits per heavy atom. The van der Waals surface area contributed by atoms with Gasteiger partial charge < -0.3 is 5.73 Å². The highest BCUT2D eigenvalue weighted by molar-refractivity contribution is 5.87. The van der Waals surface area contributed by atoms with Crippen molar-refractivity contribution in [1.29, 1.82) is 0 Å². The van der Waals surface area contributed by atoms with Gasteiger partial charge in [-0.25, -0.2) is 0 Å². The summed E-state index contributed by atoms with van der Waals surface area (Å²) in [6.07, 6.45) is 9.46. The summed E-state index contributed by atoms with van der Waals surface area (Å²) < 4.78 is 0. The minimum atomic E-state index is -0.293. The molecule has 0 atom stereocenters. The van der Waals surface area contributed by atoms with Gasteiger partial charge in [0, 0.05) is 12.0 Å². The average molecular weight is 193 g/mol. The fourth-order valence-corrected chi connectivity index (χ4v) is 2.19. The molecule has 2 N–H and O–H groups in total. The molecule has 2 heteroatoms. The fraction of sp³-hybridized carbons (Fsp3) is 0.750. The molecular weight excluding hydrogens is 174 g/mol. The molecule has 0 spiro atoms. The maximum absolute atomic E-state index is 11.8. The van der Waals surface area contributed by atoms with E-state index in [-0.39, 0.29) is 17.6 Å². The monoisotopic (exact) mass is 193 g/mol. The lowest BCUT2D eigenvalue weighted by Crippen LogP contribution is -2.41. The predicted octanol–water partition coefficient (Wildman–Crippen LogP) is 1.73. The van der Waals surface area contributed by atoms with Crippen LogP contribution in [0.2, 0.25) is 0 Å². The molecule has 1 aliphatic carbocycles. The number of terminal acetylenes is 1. The predicted molar refractivity (Wildman–Crippen MR) is 57.6 cm³/mol. The van der Waals surface area contributed by atoms with E-state index in [2.05, 4.69) is 12.8 Å². The van der Waals surface area contributed by atoms with Crippen LogP contribution in [0.25, 0.3) is 0 Å². The van der Waals surface area contributed by atoms with Gasteiger partial charge in [-0.05, 0) is 31.6 Å². The first-order valence-electron chi connectivity index (χ1n) is 5.31. The van der Waals surface area contributed by atoms with E-state index in [1.54, 1.807) is 0 Å². The molecule has 2 nitrogen and oxygen atoms in total. The molecular formula is C12H19NO. The summed E-state index contributed by atoms with van der Waals surface area (Å²) in [6, 6.07) is 0. The van der Waals surface area contributed by atoms with Crippen LogP contribution in [-0.2, 0) is 4.79 Å². The largest absolute Gasteiger partial charge is 0.329 e. The molecule has 0 radical (unpaired) electrons. The van der Waals surface area contributed by atoms with Crippen molar-refractivity contribution < 1.29 is 4.79 Å². The summed E-state index contributed by atoms with van der Waals surface area (Å²) >= 11 is 0. The summed E-state index contributed by atoms with van der Waals surface area (Å²) in [5, 5.41) is 0. The lowest BCUT2D eigenvalue weighted by molar-refractivity contribution is -0.129. The second-order valence-electron chi connectivity index (χ2n) is 4.47. The smallest absolute Gasteiger partial charge is 0.152 e. The summed E-state index contributed by atoms with van der Waals surface area (Å²) in [7, 11) is 0. The standard InChI is InChI=1S/C12H19NO/c1-3-4-11(14)12(9-13)7-5-10(2)6-8-12/h1,10H,4-9,13H2,2H3. The summed E-state index contributed by atoms with van der Waals surface area (Å²) in [5.74, 6) is 3.34. The Labute approximate surface area is 86.2 Å². The molecule has 0 bridgehead atoms. The van der Waals surface area contributed by atoms with Crippen LogP contribution in [0, 0.1) is 23.7 Å². The Hall–Kier alpha value is -0.810. The third-order valence-corrected chi connectivity index (χ3v) is 3.48. The van der Waals surface area contributed by atoms with Gasteiger partial charge in [-0.2, -0.15) is 0 Å². The Bertz CT molecular complexity index is 244. The summed E-state index contributed by atoms with van der Waals surface area (Å²) in [5.41, 5.74) is 5.43. The first-order chi connectivity index (χ1) is 6.64. The summed E-state index contributed by atoms with van der Waals surface area (Å²) in [4.78, 5) is 11.8. The molecule has 0 amide bonds. The zero-order chi connectivity index (χ0) is 10.6. The quantitative estimate of drug-likeness (QED) is 0.694. The molecule has 1 fully saturated rings. The van der Waals surface area contributed by atoms with E-state index in [0.29, 0.717) is 6.54 Å². The van der Waals surface area contributed by atoms with Crippen molar-refractivity contribution in [2.75, 3.05) is 6.54 Å². The van der Waals surface area contributed by atoms with Crippen LogP contribution in [0.3, 0.4) is 0 Å². The van der Waals surface area contributed by atoms with Crippen molar-refractivity contribution in [3.63, 3.8) is 0 Å². The summed E-state index contributed by atoms with van der Waals surface area (Å²) in [6.45, 7) is 2.69. The van der Waals surface area contributed by atoms with Crippen molar-refractivity contribution in [1.82, 2.24) is 0 Å². The van der Waals surface area contributed by atoms with Gasteiger partial charge in [-0.1, -0.05) is 12.8 Å². The Morgan fingerprint density at radius 1 is 1.57 bits per heavy atom. The van der Waals surface area contributed by atoms with Crippen LogP contribution in [0.1, 0.15) is 39.0 Å². The number of Topliss-reactive ketones (excluding diaryl/α,β-unsaturated/α-hetero) is 1. The lowest BCUT2D eigenvalue weighted by atomic mass is 9.68. The maximum Gasteiger partial charge on any atom is 0.152 e. The highest BCUT2D eigenvalue weighted by Gasteiger charge is 2.38. The number of ketones is 1. The Balaban J connectivity index is 2.68. The average Bonchev–Trinajstić information content (AvgIpc) is 2.20. The van der Waals surface area contributed by atoms with Crippen LogP contribution < -0.4 is 5.73 Å². The molecule has 0 saturated heterocycles. The molecule has 1 rings (SSSR count). The first-order valence-corrected chi connectivity index (χ1v) is 5.31. The van der Waals surface area contributed by atoms with Crippen molar-refractivity contribution in [2.45, 2.75) is 39.0 Å². The van der Waals surface area contributed by atoms with E-state index < -0.39 is 0 Å². The van der Waals surface area contributed by atoms with Gasteiger partial charge >= 0.3 is 0 Å². The van der Waals surface area contributed by atoms with Gasteiger partial charge in [0.05, 0.1) is 6.42 Å². The topological polar surface area (TPSA) is 43.1 Å². The van der Waals surface area contributed by atoms with Gasteiger partial charge in [0.2, 0.25) is 0 Å². The molecule has 0 heterocycles. The van der Waals surface area contributed by atoms with E-state index in [1.165, 1.54) is 0 Å². The van der Waals surface area contributed by atoms with Crippen molar-refractivity contribution in [3.05, 3.63) is 0 Å². The third kappa shape index (κ3) is 2.16. The minimum Gasteiger partial charge on any atom is -0.329 e. The van der Waals surface area contributed by atoms with Gasteiger partial charge in [0.15, 0.2) is 5.78 Å². The minimum absolute atomic E-state index is 0.175. The molecule has 0 aromatic rings. The van der Waals surface area contributed by atoms with Crippen LogP contribution in [0.15, 0.2) is 0 Å². The second-order valence-corrected chi connectivity index (χ2v) is 4.47. The first kappa shape index (κ1) is 11.3. The van der Waals surface area contributed by atoms with E-state index in [4.69, 9.17) is 12.2 Å². The number of hydrogen-bond acceptors (Lipinski definition) is 2. The SMILES string of the molecule is C#CCC(=O)C1(CN)CCC(C)CC1. The molecule has 1 aliphatic rings. The van der Waals surface area contributed by atoms with E-state index >= 15 is 0 Å². The van der Waals surface area contributed by atoms with E-state index in [9.17, 15) is 4.79 Å². The van der Waals surface area contributed by atoms with Crippen molar-refractivity contribution in [2.24, 2.45) is 17.1 Å². The zero-order valence-electron chi connectivity index (χ0n) is 8.88. The highest BCUT2D eigenvalue weighted by atomic mass is 16.1. The van der Waals surface area contributed by atoms with Crippen molar-refractivity contribution >= 4 is 5.78 Å². The number of rotatable bonds is 3. The number of hydrogen-bond donors (Lipinski definition) is 1. The Kier molecular flexibility index (Phi) is 3.71. The number of carbonyl (C=O) groups excluding carboxylic acids is 1.